The van der Waals surface area contributed by atoms with Crippen LogP contribution in [0.15, 0.2) is 30.5 Å². The predicted octanol–water partition coefficient (Wildman–Crippen LogP) is 2.67. The molecule has 5 nitrogen and oxygen atoms in total. The molecule has 0 bridgehead atoms. The number of hydrogen-bond acceptors (Lipinski definition) is 3. The van der Waals surface area contributed by atoms with Gasteiger partial charge in [0.25, 0.3) is 0 Å². The highest BCUT2D eigenvalue weighted by molar-refractivity contribution is 5.86. The molecule has 1 aromatic heterocycles. The molecule has 1 aromatic carbocycles. The lowest BCUT2D eigenvalue weighted by molar-refractivity contribution is 0.0685. The van der Waals surface area contributed by atoms with Crippen LogP contribution in [0.25, 0.3) is 11.4 Å². The number of carbonyl (C=O) groups is 1. The van der Waals surface area contributed by atoms with E-state index < -0.39 is 5.97 Å². The normalized spacial score (nSPS) is 10.4. The molecule has 100 valence electrons. The van der Waals surface area contributed by atoms with Crippen molar-refractivity contribution in [3.05, 3.63) is 36.2 Å². The summed E-state index contributed by atoms with van der Waals surface area (Å²) in [6.07, 6.45) is 1.38. The fourth-order valence-corrected chi connectivity index (χ4v) is 1.99. The number of carboxylic acids is 1. The number of benzene rings is 1. The van der Waals surface area contributed by atoms with Gasteiger partial charge in [-0.3, -0.25) is 0 Å². The fourth-order valence-electron chi connectivity index (χ4n) is 1.99. The number of nitrogens with zero attached hydrogens (tertiary/aromatic N) is 2. The van der Waals surface area contributed by atoms with Crippen LogP contribution in [0, 0.1) is 0 Å². The average Bonchev–Trinajstić information content (AvgIpc) is 2.83. The Labute approximate surface area is 111 Å². The molecule has 0 atom stereocenters. The maximum absolute atomic E-state index is 11.1. The summed E-state index contributed by atoms with van der Waals surface area (Å²) < 4.78 is 7.12. The van der Waals surface area contributed by atoms with Crippen molar-refractivity contribution in [2.24, 2.45) is 0 Å². The molecule has 1 N–H and O–H groups in total. The predicted molar refractivity (Wildman–Crippen MR) is 71.5 cm³/mol. The van der Waals surface area contributed by atoms with Gasteiger partial charge in [0.15, 0.2) is 0 Å². The van der Waals surface area contributed by atoms with Crippen molar-refractivity contribution < 1.29 is 14.6 Å². The highest BCUT2D eigenvalue weighted by Gasteiger charge is 2.15. The van der Waals surface area contributed by atoms with Gasteiger partial charge >= 0.3 is 5.97 Å². The van der Waals surface area contributed by atoms with Gasteiger partial charge in [-0.25, -0.2) is 9.78 Å². The van der Waals surface area contributed by atoms with Crippen LogP contribution in [-0.4, -0.2) is 27.2 Å². The molecule has 1 heterocycles. The first-order valence-electron chi connectivity index (χ1n) is 6.19. The smallest absolute Gasteiger partial charge is 0.354 e. The zero-order chi connectivity index (χ0) is 13.8. The Balaban J connectivity index is 2.46. The number of imidazole rings is 1. The van der Waals surface area contributed by atoms with Gasteiger partial charge in [0.05, 0.1) is 12.8 Å². The van der Waals surface area contributed by atoms with Crippen molar-refractivity contribution in [1.29, 1.82) is 0 Å². The van der Waals surface area contributed by atoms with Crippen molar-refractivity contribution in [3.63, 3.8) is 0 Å². The summed E-state index contributed by atoms with van der Waals surface area (Å²) in [5.41, 5.74) is 1.04. The molecule has 2 rings (SSSR count). The second-order valence-electron chi connectivity index (χ2n) is 3.98. The molecular formula is C14H16N2O3. The van der Waals surface area contributed by atoms with Crippen LogP contribution in [0.3, 0.4) is 0 Å². The van der Waals surface area contributed by atoms with Crippen LogP contribution in [0.1, 0.15) is 24.3 Å². The highest BCUT2D eigenvalue weighted by Crippen LogP contribution is 2.24. The standard InChI is InChI=1S/C14H16N2O3/c1-3-16-12(14(17)18)9-15-13(16)10-6-5-7-11(8-10)19-4-2/h5-9H,3-4H2,1-2H3,(H,17,18). The molecule has 19 heavy (non-hydrogen) atoms. The highest BCUT2D eigenvalue weighted by atomic mass is 16.5. The van der Waals surface area contributed by atoms with E-state index in [1.54, 1.807) is 4.57 Å². The van der Waals surface area contributed by atoms with Gasteiger partial charge in [0.2, 0.25) is 0 Å². The summed E-state index contributed by atoms with van der Waals surface area (Å²) >= 11 is 0. The van der Waals surface area contributed by atoms with Gasteiger partial charge in [-0.15, -0.1) is 0 Å². The lowest BCUT2D eigenvalue weighted by Crippen LogP contribution is -2.08. The van der Waals surface area contributed by atoms with Crippen LogP contribution in [0.4, 0.5) is 0 Å². The summed E-state index contributed by atoms with van der Waals surface area (Å²) in [6.45, 7) is 4.95. The quantitative estimate of drug-likeness (QED) is 0.897. The van der Waals surface area contributed by atoms with Crippen LogP contribution in [0.5, 0.6) is 5.75 Å². The molecule has 2 aromatic rings. The number of rotatable bonds is 5. The van der Waals surface area contributed by atoms with Crippen LogP contribution < -0.4 is 4.74 Å². The molecule has 0 unspecified atom stereocenters. The number of ether oxygens (including phenoxy) is 1. The summed E-state index contributed by atoms with van der Waals surface area (Å²) in [5, 5.41) is 9.11. The van der Waals surface area contributed by atoms with Crippen molar-refractivity contribution in [2.75, 3.05) is 6.61 Å². The second kappa shape index (κ2) is 5.56. The number of hydrogen-bond donors (Lipinski definition) is 1. The van der Waals surface area contributed by atoms with Gasteiger partial charge in [0.1, 0.15) is 17.3 Å². The minimum absolute atomic E-state index is 0.194. The first kappa shape index (κ1) is 13.1. The van der Waals surface area contributed by atoms with Crippen molar-refractivity contribution in [2.45, 2.75) is 20.4 Å². The van der Waals surface area contributed by atoms with Crippen LogP contribution >= 0.6 is 0 Å². The Bertz CT molecular complexity index is 590. The molecule has 0 saturated heterocycles. The summed E-state index contributed by atoms with van der Waals surface area (Å²) in [6, 6.07) is 7.49. The fraction of sp³-hybridized carbons (Fsp3) is 0.286. The molecule has 0 radical (unpaired) electrons. The van der Waals surface area contributed by atoms with Crippen LogP contribution in [0.2, 0.25) is 0 Å². The van der Waals surface area contributed by atoms with E-state index in [4.69, 9.17) is 9.84 Å². The minimum Gasteiger partial charge on any atom is -0.494 e. The molecule has 0 amide bonds. The van der Waals surface area contributed by atoms with E-state index in [9.17, 15) is 4.79 Å². The Hall–Kier alpha value is -2.30. The monoisotopic (exact) mass is 260 g/mol. The molecular weight excluding hydrogens is 244 g/mol. The zero-order valence-corrected chi connectivity index (χ0v) is 11.0. The molecule has 0 saturated carbocycles. The van der Waals surface area contributed by atoms with Gasteiger partial charge in [0, 0.05) is 12.1 Å². The first-order valence-corrected chi connectivity index (χ1v) is 6.19. The summed E-state index contributed by atoms with van der Waals surface area (Å²) in [4.78, 5) is 15.3. The van der Waals surface area contributed by atoms with Gasteiger partial charge in [-0.2, -0.15) is 0 Å². The minimum atomic E-state index is -0.971. The summed E-state index contributed by atoms with van der Waals surface area (Å²) in [7, 11) is 0. The largest absolute Gasteiger partial charge is 0.494 e. The number of aromatic nitrogens is 2. The van der Waals surface area contributed by atoms with Gasteiger partial charge in [-0.05, 0) is 26.0 Å². The Kier molecular flexibility index (Phi) is 3.85. The third-order valence-electron chi connectivity index (χ3n) is 2.79. The van der Waals surface area contributed by atoms with E-state index in [2.05, 4.69) is 4.98 Å². The first-order chi connectivity index (χ1) is 9.17. The molecule has 0 aliphatic heterocycles. The molecule has 5 heteroatoms. The van der Waals surface area contributed by atoms with E-state index in [0.29, 0.717) is 19.0 Å². The van der Waals surface area contributed by atoms with Crippen molar-refractivity contribution in [3.8, 4) is 17.1 Å². The number of aromatic carboxylic acids is 1. The van der Waals surface area contributed by atoms with E-state index in [1.165, 1.54) is 6.20 Å². The van der Waals surface area contributed by atoms with E-state index in [-0.39, 0.29) is 5.69 Å². The summed E-state index contributed by atoms with van der Waals surface area (Å²) in [5.74, 6) is 0.422. The maximum atomic E-state index is 11.1. The van der Waals surface area contributed by atoms with Gasteiger partial charge < -0.3 is 14.4 Å². The van der Waals surface area contributed by atoms with E-state index in [1.807, 2.05) is 38.1 Å². The zero-order valence-electron chi connectivity index (χ0n) is 11.0. The third kappa shape index (κ3) is 2.59. The van der Waals surface area contributed by atoms with Crippen molar-refractivity contribution in [1.82, 2.24) is 9.55 Å². The molecule has 0 fully saturated rings. The topological polar surface area (TPSA) is 64.3 Å². The lowest BCUT2D eigenvalue weighted by atomic mass is 10.2. The van der Waals surface area contributed by atoms with E-state index in [0.717, 1.165) is 11.3 Å². The second-order valence-corrected chi connectivity index (χ2v) is 3.98. The average molecular weight is 260 g/mol. The lowest BCUT2D eigenvalue weighted by Gasteiger charge is -2.09. The Morgan fingerprint density at radius 1 is 1.42 bits per heavy atom. The SMILES string of the molecule is CCOc1cccc(-c2ncc(C(=O)O)n2CC)c1. The third-order valence-corrected chi connectivity index (χ3v) is 2.79. The van der Waals surface area contributed by atoms with E-state index >= 15 is 0 Å². The number of carboxylic acid groups (broad SMARTS) is 1. The van der Waals surface area contributed by atoms with Crippen molar-refractivity contribution >= 4 is 5.97 Å². The van der Waals surface area contributed by atoms with Crippen LogP contribution in [-0.2, 0) is 6.54 Å². The van der Waals surface area contributed by atoms with Gasteiger partial charge in [-0.1, -0.05) is 12.1 Å². The molecule has 0 aliphatic carbocycles. The maximum Gasteiger partial charge on any atom is 0.354 e. The Morgan fingerprint density at radius 2 is 2.21 bits per heavy atom. The molecule has 0 aliphatic rings. The Morgan fingerprint density at radius 3 is 2.84 bits per heavy atom. The molecule has 0 spiro atoms.